The summed E-state index contributed by atoms with van der Waals surface area (Å²) >= 11 is 1.69. The summed E-state index contributed by atoms with van der Waals surface area (Å²) in [5, 5.41) is 7.22. The fourth-order valence-corrected chi connectivity index (χ4v) is 4.96. The minimum absolute atomic E-state index is 0.0392. The highest BCUT2D eigenvalue weighted by atomic mass is 32.2. The van der Waals surface area contributed by atoms with E-state index in [0.717, 1.165) is 11.3 Å². The third kappa shape index (κ3) is 4.54. The number of carbonyl (C=O) groups excluding carboxylic acids is 1. The highest BCUT2D eigenvalue weighted by Crippen LogP contribution is 2.36. The van der Waals surface area contributed by atoms with Crippen molar-refractivity contribution >= 4 is 17.7 Å². The fourth-order valence-electron chi connectivity index (χ4n) is 3.71. The summed E-state index contributed by atoms with van der Waals surface area (Å²) in [5.74, 6) is 1.76. The molecule has 3 aromatic rings. The van der Waals surface area contributed by atoms with E-state index in [2.05, 4.69) is 10.2 Å². The lowest BCUT2D eigenvalue weighted by Crippen LogP contribution is -2.33. The van der Waals surface area contributed by atoms with Crippen LogP contribution in [0.3, 0.4) is 0 Å². The van der Waals surface area contributed by atoms with Gasteiger partial charge in [0.2, 0.25) is 0 Å². The minimum atomic E-state index is -0.190. The van der Waals surface area contributed by atoms with Gasteiger partial charge in [0.05, 0.1) is 19.9 Å². The number of benzene rings is 2. The Hall–Kier alpha value is -3.00. The van der Waals surface area contributed by atoms with Gasteiger partial charge in [-0.15, -0.1) is 0 Å². The molecular formula is C23H24FN3O3S. The standard InChI is InChI=1S/C23H24FN3O3S/c1-29-15-7-8-21(30-2)17(13-15)19-14-20(26-25-19)23(28)27-10-9-22(31-12-11-27)16-5-3-4-6-18(16)24/h3-8,13-14,22H,9-12H2,1-2H3,(H,25,26)/t22-/m0/s1. The summed E-state index contributed by atoms with van der Waals surface area (Å²) in [6.07, 6.45) is 0.696. The zero-order valence-electron chi connectivity index (χ0n) is 17.4. The van der Waals surface area contributed by atoms with Gasteiger partial charge in [-0.1, -0.05) is 18.2 Å². The zero-order valence-corrected chi connectivity index (χ0v) is 18.2. The van der Waals surface area contributed by atoms with Crippen LogP contribution in [0.4, 0.5) is 4.39 Å². The molecule has 1 fully saturated rings. The normalized spacial score (nSPS) is 16.6. The number of carbonyl (C=O) groups is 1. The van der Waals surface area contributed by atoms with Crippen LogP contribution in [0.25, 0.3) is 11.3 Å². The summed E-state index contributed by atoms with van der Waals surface area (Å²) in [7, 11) is 3.18. The molecule has 1 aliphatic heterocycles. The smallest absolute Gasteiger partial charge is 0.271 e. The van der Waals surface area contributed by atoms with Crippen LogP contribution in [-0.4, -0.2) is 54.1 Å². The van der Waals surface area contributed by atoms with E-state index >= 15 is 0 Å². The average Bonchev–Trinajstić information content (AvgIpc) is 3.17. The second-order valence-electron chi connectivity index (χ2n) is 7.19. The molecule has 1 atom stereocenters. The maximum Gasteiger partial charge on any atom is 0.271 e. The van der Waals surface area contributed by atoms with E-state index in [1.807, 2.05) is 24.3 Å². The van der Waals surface area contributed by atoms with Crippen molar-refractivity contribution in [2.75, 3.05) is 33.1 Å². The molecule has 4 rings (SSSR count). The molecule has 0 spiro atoms. The second kappa shape index (κ2) is 9.43. The molecule has 1 aliphatic rings. The Bertz CT molecular complexity index is 1070. The molecule has 0 saturated carbocycles. The quantitative estimate of drug-likeness (QED) is 0.629. The van der Waals surface area contributed by atoms with Gasteiger partial charge in [-0.3, -0.25) is 9.89 Å². The lowest BCUT2D eigenvalue weighted by Gasteiger charge is -2.19. The first-order valence-corrected chi connectivity index (χ1v) is 11.1. The first kappa shape index (κ1) is 21.2. The Morgan fingerprint density at radius 1 is 1.16 bits per heavy atom. The Labute approximate surface area is 184 Å². The number of amides is 1. The molecule has 1 N–H and O–H groups in total. The van der Waals surface area contributed by atoms with E-state index in [-0.39, 0.29) is 17.0 Å². The number of methoxy groups -OCH3 is 2. The van der Waals surface area contributed by atoms with Gasteiger partial charge < -0.3 is 14.4 Å². The van der Waals surface area contributed by atoms with Crippen molar-refractivity contribution in [1.82, 2.24) is 15.1 Å². The van der Waals surface area contributed by atoms with Gasteiger partial charge in [-0.25, -0.2) is 4.39 Å². The van der Waals surface area contributed by atoms with Gasteiger partial charge in [0, 0.05) is 35.2 Å². The van der Waals surface area contributed by atoms with Gasteiger partial charge in [0.1, 0.15) is 23.0 Å². The van der Waals surface area contributed by atoms with Crippen LogP contribution in [0.2, 0.25) is 0 Å². The fraction of sp³-hybridized carbons (Fsp3) is 0.304. The van der Waals surface area contributed by atoms with Crippen molar-refractivity contribution in [2.45, 2.75) is 11.7 Å². The Kier molecular flexibility index (Phi) is 6.46. The van der Waals surface area contributed by atoms with Crippen LogP contribution in [0.1, 0.15) is 27.7 Å². The molecule has 2 heterocycles. The van der Waals surface area contributed by atoms with Gasteiger partial charge in [0.15, 0.2) is 0 Å². The molecule has 8 heteroatoms. The maximum atomic E-state index is 14.2. The Balaban J connectivity index is 1.50. The van der Waals surface area contributed by atoms with E-state index < -0.39 is 0 Å². The molecule has 162 valence electrons. The number of nitrogens with zero attached hydrogens (tertiary/aromatic N) is 2. The molecule has 1 amide bonds. The van der Waals surface area contributed by atoms with Crippen molar-refractivity contribution in [3.05, 3.63) is 65.6 Å². The number of hydrogen-bond acceptors (Lipinski definition) is 5. The first-order valence-electron chi connectivity index (χ1n) is 10.0. The van der Waals surface area contributed by atoms with Crippen LogP contribution in [0, 0.1) is 5.82 Å². The van der Waals surface area contributed by atoms with E-state index in [9.17, 15) is 9.18 Å². The third-order valence-electron chi connectivity index (χ3n) is 5.37. The monoisotopic (exact) mass is 441 g/mol. The van der Waals surface area contributed by atoms with Crippen LogP contribution in [0.15, 0.2) is 48.5 Å². The van der Waals surface area contributed by atoms with Crippen molar-refractivity contribution in [3.63, 3.8) is 0 Å². The van der Waals surface area contributed by atoms with E-state index in [4.69, 9.17) is 9.47 Å². The number of aromatic nitrogens is 2. The minimum Gasteiger partial charge on any atom is -0.497 e. The van der Waals surface area contributed by atoms with Crippen LogP contribution in [0.5, 0.6) is 11.5 Å². The molecule has 6 nitrogen and oxygen atoms in total. The van der Waals surface area contributed by atoms with Gasteiger partial charge in [0.25, 0.3) is 5.91 Å². The van der Waals surface area contributed by atoms with Crippen LogP contribution in [-0.2, 0) is 0 Å². The molecule has 1 saturated heterocycles. The van der Waals surface area contributed by atoms with Crippen molar-refractivity contribution in [2.24, 2.45) is 0 Å². The summed E-state index contributed by atoms with van der Waals surface area (Å²) in [6.45, 7) is 1.16. The summed E-state index contributed by atoms with van der Waals surface area (Å²) in [6, 6.07) is 14.0. The van der Waals surface area contributed by atoms with Gasteiger partial charge in [-0.05, 0) is 36.8 Å². The van der Waals surface area contributed by atoms with Crippen LogP contribution >= 0.6 is 11.8 Å². The maximum absolute atomic E-state index is 14.2. The molecule has 0 aliphatic carbocycles. The molecular weight excluding hydrogens is 417 g/mol. The molecule has 1 aromatic heterocycles. The number of H-pyrrole nitrogens is 1. The predicted molar refractivity (Wildman–Crippen MR) is 119 cm³/mol. The summed E-state index contributed by atoms with van der Waals surface area (Å²) in [4.78, 5) is 14.9. The highest BCUT2D eigenvalue weighted by Gasteiger charge is 2.25. The Morgan fingerprint density at radius 2 is 2.00 bits per heavy atom. The van der Waals surface area contributed by atoms with E-state index in [1.165, 1.54) is 6.07 Å². The summed E-state index contributed by atoms with van der Waals surface area (Å²) < 4.78 is 24.9. The van der Waals surface area contributed by atoms with Crippen molar-refractivity contribution in [1.29, 1.82) is 0 Å². The topological polar surface area (TPSA) is 67.5 Å². The van der Waals surface area contributed by atoms with Gasteiger partial charge in [-0.2, -0.15) is 16.9 Å². The number of hydrogen-bond donors (Lipinski definition) is 1. The molecule has 0 bridgehead atoms. The van der Waals surface area contributed by atoms with Crippen molar-refractivity contribution in [3.8, 4) is 22.8 Å². The molecule has 2 aromatic carbocycles. The second-order valence-corrected chi connectivity index (χ2v) is 8.51. The average molecular weight is 442 g/mol. The SMILES string of the molecule is COc1ccc(OC)c(-c2cc(C(=O)N3CCS[C@H](c4ccccc4F)CC3)[nH]n2)c1. The number of ether oxygens (including phenoxy) is 2. The highest BCUT2D eigenvalue weighted by molar-refractivity contribution is 7.99. The lowest BCUT2D eigenvalue weighted by molar-refractivity contribution is 0.0760. The molecule has 0 unspecified atom stereocenters. The largest absolute Gasteiger partial charge is 0.497 e. The summed E-state index contributed by atoms with van der Waals surface area (Å²) in [5.41, 5.74) is 2.46. The molecule has 31 heavy (non-hydrogen) atoms. The number of rotatable bonds is 5. The van der Waals surface area contributed by atoms with Crippen molar-refractivity contribution < 1.29 is 18.7 Å². The van der Waals surface area contributed by atoms with Crippen LogP contribution < -0.4 is 9.47 Å². The van der Waals surface area contributed by atoms with E-state index in [0.29, 0.717) is 48.0 Å². The predicted octanol–water partition coefficient (Wildman–Crippen LogP) is 4.55. The molecule has 0 radical (unpaired) electrons. The number of nitrogens with one attached hydrogen (secondary N) is 1. The number of halogens is 1. The number of aromatic amines is 1. The first-order chi connectivity index (χ1) is 15.1. The lowest BCUT2D eigenvalue weighted by atomic mass is 10.1. The van der Waals surface area contributed by atoms with E-state index in [1.54, 1.807) is 49.1 Å². The Morgan fingerprint density at radius 3 is 2.77 bits per heavy atom. The third-order valence-corrected chi connectivity index (χ3v) is 6.68. The number of thioether (sulfide) groups is 1. The van der Waals surface area contributed by atoms with Gasteiger partial charge >= 0.3 is 0 Å². The zero-order chi connectivity index (χ0) is 21.8.